The van der Waals surface area contributed by atoms with Crippen molar-refractivity contribution in [3.63, 3.8) is 0 Å². The Bertz CT molecular complexity index is 694. The Hall–Kier alpha value is -2.70. The molecule has 28 heavy (non-hydrogen) atoms. The first-order valence-corrected chi connectivity index (χ1v) is 9.37. The Morgan fingerprint density at radius 2 is 1.14 bits per heavy atom. The Kier molecular flexibility index (Phi) is 8.65. The zero-order chi connectivity index (χ0) is 20.2. The summed E-state index contributed by atoms with van der Waals surface area (Å²) in [5.41, 5.74) is 2.17. The fraction of sp³-hybridized carbons (Fsp3) is 0.364. The van der Waals surface area contributed by atoms with Crippen molar-refractivity contribution in [2.75, 3.05) is 39.5 Å². The minimum atomic E-state index is -0.316. The van der Waals surface area contributed by atoms with Crippen molar-refractivity contribution in [1.82, 2.24) is 4.48 Å². The van der Waals surface area contributed by atoms with Crippen molar-refractivity contribution in [2.45, 2.75) is 13.8 Å². The largest absolute Gasteiger partial charge is 0.463 e. The molecule has 2 aromatic rings. The Labute approximate surface area is 166 Å². The van der Waals surface area contributed by atoms with Gasteiger partial charge in [-0.25, -0.2) is 0 Å². The van der Waals surface area contributed by atoms with E-state index in [0.29, 0.717) is 37.4 Å². The summed E-state index contributed by atoms with van der Waals surface area (Å²) >= 11 is 0. The van der Waals surface area contributed by atoms with Gasteiger partial charge in [-0.3, -0.25) is 14.1 Å². The molecule has 0 spiro atoms. The van der Waals surface area contributed by atoms with Gasteiger partial charge in [0, 0.05) is 13.8 Å². The van der Waals surface area contributed by atoms with Crippen molar-refractivity contribution in [3.8, 4) is 0 Å². The van der Waals surface area contributed by atoms with Crippen LogP contribution in [0, 0.1) is 0 Å². The summed E-state index contributed by atoms with van der Waals surface area (Å²) in [7, 11) is 0. The van der Waals surface area contributed by atoms with Crippen LogP contribution in [0.15, 0.2) is 60.7 Å². The zero-order valence-corrected chi connectivity index (χ0v) is 16.5. The standard InChI is InChI=1S/C22H28NO5/c1-19(24)27-16-14-23(21-9-5-3-6-10-21,22-11-7-4-8-12-22)13-15-26-17-18-28-20(2)25/h3-12H,13-18H2,1-2H3/q+1. The molecule has 0 aliphatic carbocycles. The van der Waals surface area contributed by atoms with Gasteiger partial charge < -0.3 is 14.2 Å². The number of nitrogens with zero attached hydrogens (tertiary/aromatic N) is 1. The Morgan fingerprint density at radius 1 is 0.679 bits per heavy atom. The molecule has 0 fully saturated rings. The molecule has 0 aliphatic heterocycles. The summed E-state index contributed by atoms with van der Waals surface area (Å²) in [6.07, 6.45) is 0. The van der Waals surface area contributed by atoms with Gasteiger partial charge in [0.05, 0.1) is 13.2 Å². The molecule has 0 amide bonds. The van der Waals surface area contributed by atoms with Crippen molar-refractivity contribution >= 4 is 23.3 Å². The summed E-state index contributed by atoms with van der Waals surface area (Å²) in [5, 5.41) is 0. The zero-order valence-electron chi connectivity index (χ0n) is 16.5. The lowest BCUT2D eigenvalue weighted by Gasteiger charge is -2.37. The molecular weight excluding hydrogens is 358 g/mol. The highest BCUT2D eigenvalue weighted by molar-refractivity contribution is 5.66. The Morgan fingerprint density at radius 3 is 1.64 bits per heavy atom. The Balaban J connectivity index is 2.21. The smallest absolute Gasteiger partial charge is 0.302 e. The van der Waals surface area contributed by atoms with Crippen molar-refractivity contribution in [3.05, 3.63) is 60.7 Å². The highest BCUT2D eigenvalue weighted by Gasteiger charge is 2.33. The van der Waals surface area contributed by atoms with Crippen molar-refractivity contribution < 1.29 is 23.8 Å². The highest BCUT2D eigenvalue weighted by atomic mass is 16.6. The molecule has 2 aromatic carbocycles. The van der Waals surface area contributed by atoms with Gasteiger partial charge in [-0.15, -0.1) is 0 Å². The SMILES string of the molecule is CC(=O)OCCOCC[N+](CCOC(C)=O)(c1ccccc1)c1ccccc1. The summed E-state index contributed by atoms with van der Waals surface area (Å²) in [5.74, 6) is -0.611. The van der Waals surface area contributed by atoms with Crippen LogP contribution >= 0.6 is 0 Å². The molecule has 0 N–H and O–H groups in total. The molecule has 0 aromatic heterocycles. The minimum absolute atomic E-state index is 0.236. The van der Waals surface area contributed by atoms with Gasteiger partial charge in [-0.2, -0.15) is 0 Å². The molecule has 0 heterocycles. The minimum Gasteiger partial charge on any atom is -0.463 e. The first-order valence-electron chi connectivity index (χ1n) is 9.37. The lowest BCUT2D eigenvalue weighted by Crippen LogP contribution is -2.49. The molecule has 6 heteroatoms. The van der Waals surface area contributed by atoms with E-state index in [1.54, 1.807) is 0 Å². The topological polar surface area (TPSA) is 61.8 Å². The molecule has 0 saturated carbocycles. The molecular formula is C22H28NO5+. The summed E-state index contributed by atoms with van der Waals surface area (Å²) in [6, 6.07) is 20.2. The summed E-state index contributed by atoms with van der Waals surface area (Å²) in [6.45, 7) is 5.36. The van der Waals surface area contributed by atoms with E-state index in [1.165, 1.54) is 13.8 Å². The number of hydrogen-bond donors (Lipinski definition) is 0. The number of benzene rings is 2. The second-order valence-corrected chi connectivity index (χ2v) is 6.38. The average Bonchev–Trinajstić information content (AvgIpc) is 2.70. The highest BCUT2D eigenvalue weighted by Crippen LogP contribution is 2.34. The second kappa shape index (κ2) is 11.2. The lowest BCUT2D eigenvalue weighted by molar-refractivity contribution is -0.143. The van der Waals surface area contributed by atoms with Crippen LogP contribution in [0.1, 0.15) is 13.8 Å². The van der Waals surface area contributed by atoms with E-state index >= 15 is 0 Å². The first-order chi connectivity index (χ1) is 13.5. The van der Waals surface area contributed by atoms with Gasteiger partial charge in [0.1, 0.15) is 37.7 Å². The number of carbonyl (C=O) groups excluding carboxylic acids is 2. The van der Waals surface area contributed by atoms with Crippen molar-refractivity contribution in [1.29, 1.82) is 0 Å². The van der Waals surface area contributed by atoms with E-state index in [1.807, 2.05) is 36.4 Å². The monoisotopic (exact) mass is 386 g/mol. The number of ether oxygens (including phenoxy) is 3. The van der Waals surface area contributed by atoms with E-state index in [9.17, 15) is 9.59 Å². The normalized spacial score (nSPS) is 11.1. The molecule has 6 nitrogen and oxygen atoms in total. The number of esters is 2. The maximum atomic E-state index is 11.3. The molecule has 0 aliphatic rings. The molecule has 2 rings (SSSR count). The van der Waals surface area contributed by atoms with Gasteiger partial charge in [0.25, 0.3) is 0 Å². The number of quaternary nitrogens is 1. The third-order valence-corrected chi connectivity index (χ3v) is 4.43. The molecule has 0 saturated heterocycles. The van der Waals surface area contributed by atoms with Crippen LogP contribution in [0.4, 0.5) is 11.4 Å². The lowest BCUT2D eigenvalue weighted by atomic mass is 10.1. The quantitative estimate of drug-likeness (QED) is 0.336. The predicted molar refractivity (Wildman–Crippen MR) is 108 cm³/mol. The van der Waals surface area contributed by atoms with Gasteiger partial charge in [0.2, 0.25) is 0 Å². The molecule has 0 unspecified atom stereocenters. The van der Waals surface area contributed by atoms with Crippen LogP contribution in [0.25, 0.3) is 0 Å². The van der Waals surface area contributed by atoms with Crippen LogP contribution in [0.2, 0.25) is 0 Å². The van der Waals surface area contributed by atoms with Crippen LogP contribution in [-0.2, 0) is 23.8 Å². The van der Waals surface area contributed by atoms with Gasteiger partial charge >= 0.3 is 11.9 Å². The number of rotatable bonds is 11. The molecule has 150 valence electrons. The summed E-state index contributed by atoms with van der Waals surface area (Å²) in [4.78, 5) is 22.2. The molecule has 0 radical (unpaired) electrons. The van der Waals surface area contributed by atoms with E-state index in [4.69, 9.17) is 14.2 Å². The molecule has 0 bridgehead atoms. The number of hydrogen-bond acceptors (Lipinski definition) is 5. The van der Waals surface area contributed by atoms with E-state index in [-0.39, 0.29) is 18.5 Å². The number of carbonyl (C=O) groups is 2. The second-order valence-electron chi connectivity index (χ2n) is 6.38. The predicted octanol–water partition coefficient (Wildman–Crippen LogP) is 3.47. The third-order valence-electron chi connectivity index (χ3n) is 4.43. The van der Waals surface area contributed by atoms with Crippen LogP contribution in [0.5, 0.6) is 0 Å². The van der Waals surface area contributed by atoms with Crippen LogP contribution in [-0.4, -0.2) is 51.5 Å². The van der Waals surface area contributed by atoms with Gasteiger partial charge in [-0.05, 0) is 24.3 Å². The van der Waals surface area contributed by atoms with Crippen molar-refractivity contribution in [2.24, 2.45) is 0 Å². The maximum absolute atomic E-state index is 11.3. The van der Waals surface area contributed by atoms with Crippen LogP contribution < -0.4 is 4.48 Å². The van der Waals surface area contributed by atoms with E-state index < -0.39 is 0 Å². The van der Waals surface area contributed by atoms with Crippen LogP contribution in [0.3, 0.4) is 0 Å². The fourth-order valence-electron chi connectivity index (χ4n) is 3.12. The van der Waals surface area contributed by atoms with E-state index in [2.05, 4.69) is 24.3 Å². The average molecular weight is 386 g/mol. The third kappa shape index (κ3) is 6.48. The van der Waals surface area contributed by atoms with E-state index in [0.717, 1.165) is 11.4 Å². The maximum Gasteiger partial charge on any atom is 0.302 e. The first kappa shape index (κ1) is 21.6. The number of para-hydroxylation sites is 2. The fourth-order valence-corrected chi connectivity index (χ4v) is 3.12. The van der Waals surface area contributed by atoms with Gasteiger partial charge in [-0.1, -0.05) is 36.4 Å². The summed E-state index contributed by atoms with van der Waals surface area (Å²) < 4.78 is 16.4. The van der Waals surface area contributed by atoms with Gasteiger partial charge in [0.15, 0.2) is 0 Å². The molecule has 0 atom stereocenters.